The van der Waals surface area contributed by atoms with Gasteiger partial charge in [-0.3, -0.25) is 4.79 Å². The average Bonchev–Trinajstić information content (AvgIpc) is 3.31. The third-order valence-corrected chi connectivity index (χ3v) is 5.68. The van der Waals surface area contributed by atoms with Crippen LogP contribution in [0.15, 0.2) is 66.9 Å². The van der Waals surface area contributed by atoms with Crippen molar-refractivity contribution in [1.29, 1.82) is 0 Å². The van der Waals surface area contributed by atoms with Crippen LogP contribution in [0.4, 0.5) is 5.82 Å². The first kappa shape index (κ1) is 22.3. The van der Waals surface area contributed by atoms with Gasteiger partial charge in [-0.25, -0.2) is 4.98 Å². The Kier molecular flexibility index (Phi) is 5.77. The minimum absolute atomic E-state index is 0.278. The number of rotatable bonds is 7. The summed E-state index contributed by atoms with van der Waals surface area (Å²) in [5.74, 6) is 0.830. The third kappa shape index (κ3) is 4.14. The highest BCUT2D eigenvalue weighted by molar-refractivity contribution is 6.58. The van der Waals surface area contributed by atoms with Gasteiger partial charge in [-0.2, -0.15) is 14.8 Å². The van der Waals surface area contributed by atoms with E-state index in [-0.39, 0.29) is 5.95 Å². The van der Waals surface area contributed by atoms with Crippen molar-refractivity contribution < 1.29 is 19.6 Å². The first-order valence-corrected chi connectivity index (χ1v) is 10.8. The molecule has 0 saturated carbocycles. The van der Waals surface area contributed by atoms with Crippen LogP contribution in [0.1, 0.15) is 15.9 Å². The van der Waals surface area contributed by atoms with E-state index in [0.29, 0.717) is 45.6 Å². The van der Waals surface area contributed by atoms with Crippen LogP contribution in [-0.4, -0.2) is 49.9 Å². The lowest BCUT2D eigenvalue weighted by Crippen LogP contribution is -2.30. The molecule has 0 saturated heterocycles. The summed E-state index contributed by atoms with van der Waals surface area (Å²) in [5.41, 5.74) is 8.32. The van der Waals surface area contributed by atoms with E-state index in [1.807, 2.05) is 24.3 Å². The van der Waals surface area contributed by atoms with Gasteiger partial charge in [0.1, 0.15) is 17.1 Å². The van der Waals surface area contributed by atoms with Gasteiger partial charge in [0.2, 0.25) is 5.91 Å². The topological polar surface area (TPSA) is 148 Å². The summed E-state index contributed by atoms with van der Waals surface area (Å²) in [5, 5.41) is 28.0. The number of methoxy groups -OCH3 is 1. The molecule has 10 nitrogen and oxygen atoms in total. The Hall–Kier alpha value is -4.48. The Morgan fingerprint density at radius 1 is 1.09 bits per heavy atom. The van der Waals surface area contributed by atoms with E-state index in [2.05, 4.69) is 10.4 Å². The largest absolute Gasteiger partial charge is 0.494 e. The van der Waals surface area contributed by atoms with E-state index in [1.165, 1.54) is 0 Å². The Morgan fingerprint density at radius 3 is 2.66 bits per heavy atom. The standard InChI is InChI=1S/C24H21BN6O4/c1-35-20-10-4-8-17-21(20)29-24(31-19-9-3-7-16(22(26)32)18(19)13-28-31)30-23(17)27-12-14-5-2-6-15(11-14)25(33)34/h2-11,13,33-34H,12H2,1H3,(H2,26,32)(H,27,29,30). The molecule has 0 fully saturated rings. The Labute approximate surface area is 200 Å². The molecule has 0 spiro atoms. The Bertz CT molecular complexity index is 1570. The molecular formula is C24H21BN6O4. The molecule has 0 aliphatic heterocycles. The maximum atomic E-state index is 11.9. The number of primary amides is 1. The normalized spacial score (nSPS) is 11.1. The van der Waals surface area contributed by atoms with Gasteiger partial charge in [0.05, 0.1) is 24.4 Å². The first-order chi connectivity index (χ1) is 17.0. The lowest BCUT2D eigenvalue weighted by molar-refractivity contribution is 0.100. The maximum Gasteiger partial charge on any atom is 0.488 e. The molecule has 5 N–H and O–H groups in total. The summed E-state index contributed by atoms with van der Waals surface area (Å²) >= 11 is 0. The summed E-state index contributed by atoms with van der Waals surface area (Å²) < 4.78 is 7.08. The van der Waals surface area contributed by atoms with Crippen LogP contribution in [0.3, 0.4) is 0 Å². The number of nitrogens with two attached hydrogens (primary N) is 1. The van der Waals surface area contributed by atoms with Gasteiger partial charge in [-0.15, -0.1) is 0 Å². The number of ether oxygens (including phenoxy) is 1. The second-order valence-electron chi connectivity index (χ2n) is 7.86. The average molecular weight is 468 g/mol. The molecule has 0 unspecified atom stereocenters. The van der Waals surface area contributed by atoms with Crippen molar-refractivity contribution in [3.63, 3.8) is 0 Å². The number of hydrogen-bond acceptors (Lipinski definition) is 8. The molecule has 35 heavy (non-hydrogen) atoms. The number of nitrogens with one attached hydrogen (secondary N) is 1. The van der Waals surface area contributed by atoms with Gasteiger partial charge in [0, 0.05) is 17.3 Å². The van der Waals surface area contributed by atoms with Gasteiger partial charge >= 0.3 is 7.12 Å². The molecule has 0 aliphatic rings. The number of amides is 1. The third-order valence-electron chi connectivity index (χ3n) is 5.68. The van der Waals surface area contributed by atoms with Crippen LogP contribution in [-0.2, 0) is 6.54 Å². The van der Waals surface area contributed by atoms with Gasteiger partial charge in [0.15, 0.2) is 0 Å². The Balaban J connectivity index is 1.63. The van der Waals surface area contributed by atoms with E-state index < -0.39 is 13.0 Å². The number of anilines is 1. The number of aromatic nitrogens is 4. The number of carbonyl (C=O) groups is 1. The van der Waals surface area contributed by atoms with Gasteiger partial charge in [-0.05, 0) is 35.3 Å². The molecular weight excluding hydrogens is 447 g/mol. The second kappa shape index (κ2) is 9.05. The van der Waals surface area contributed by atoms with Crippen LogP contribution in [0.25, 0.3) is 27.8 Å². The smallest absolute Gasteiger partial charge is 0.488 e. The second-order valence-corrected chi connectivity index (χ2v) is 7.86. The Morgan fingerprint density at radius 2 is 1.89 bits per heavy atom. The predicted octanol–water partition coefficient (Wildman–Crippen LogP) is 1.37. The number of carbonyl (C=O) groups excluding carboxylic acids is 1. The number of hydrogen-bond donors (Lipinski definition) is 4. The van der Waals surface area contributed by atoms with Gasteiger partial charge in [-0.1, -0.05) is 36.4 Å². The van der Waals surface area contributed by atoms with E-state index in [9.17, 15) is 14.8 Å². The van der Waals surface area contributed by atoms with Crippen molar-refractivity contribution >= 4 is 46.1 Å². The summed E-state index contributed by atoms with van der Waals surface area (Å²) in [6, 6.07) is 17.7. The monoisotopic (exact) mass is 468 g/mol. The van der Waals surface area contributed by atoms with E-state index in [4.69, 9.17) is 20.4 Å². The number of nitrogens with zero attached hydrogens (tertiary/aromatic N) is 4. The van der Waals surface area contributed by atoms with E-state index in [0.717, 1.165) is 10.9 Å². The minimum atomic E-state index is -1.55. The van der Waals surface area contributed by atoms with Crippen LogP contribution < -0.4 is 21.3 Å². The zero-order valence-corrected chi connectivity index (χ0v) is 18.7. The summed E-state index contributed by atoms with van der Waals surface area (Å²) in [6.45, 7) is 0.370. The van der Waals surface area contributed by atoms with E-state index >= 15 is 0 Å². The van der Waals surface area contributed by atoms with Crippen molar-refractivity contribution in [2.24, 2.45) is 5.73 Å². The first-order valence-electron chi connectivity index (χ1n) is 10.8. The summed E-state index contributed by atoms with van der Waals surface area (Å²) in [4.78, 5) is 21.3. The molecule has 0 bridgehead atoms. The molecule has 5 aromatic rings. The molecule has 11 heteroatoms. The highest BCUT2D eigenvalue weighted by Crippen LogP contribution is 2.30. The quantitative estimate of drug-likeness (QED) is 0.262. The molecule has 0 radical (unpaired) electrons. The predicted molar refractivity (Wildman–Crippen MR) is 133 cm³/mol. The fraction of sp³-hybridized carbons (Fsp3) is 0.0833. The molecule has 0 aliphatic carbocycles. The fourth-order valence-electron chi connectivity index (χ4n) is 3.98. The van der Waals surface area contributed by atoms with Crippen LogP contribution >= 0.6 is 0 Å². The van der Waals surface area contributed by atoms with Crippen LogP contribution in [0.2, 0.25) is 0 Å². The minimum Gasteiger partial charge on any atom is -0.494 e. The lowest BCUT2D eigenvalue weighted by Gasteiger charge is -2.13. The maximum absolute atomic E-state index is 11.9. The molecule has 2 heterocycles. The van der Waals surface area contributed by atoms with Crippen molar-refractivity contribution in [2.75, 3.05) is 12.4 Å². The number of fused-ring (bicyclic) bond motifs is 2. The molecule has 174 valence electrons. The van der Waals surface area contributed by atoms with Gasteiger partial charge in [0.25, 0.3) is 5.95 Å². The molecule has 5 rings (SSSR count). The zero-order valence-electron chi connectivity index (χ0n) is 18.7. The highest BCUT2D eigenvalue weighted by atomic mass is 16.5. The van der Waals surface area contributed by atoms with Crippen molar-refractivity contribution in [3.8, 4) is 11.7 Å². The van der Waals surface area contributed by atoms with Gasteiger partial charge < -0.3 is 25.8 Å². The van der Waals surface area contributed by atoms with Crippen molar-refractivity contribution in [2.45, 2.75) is 6.54 Å². The molecule has 1 amide bonds. The van der Waals surface area contributed by atoms with Crippen LogP contribution in [0.5, 0.6) is 5.75 Å². The highest BCUT2D eigenvalue weighted by Gasteiger charge is 2.17. The zero-order chi connectivity index (χ0) is 24.5. The summed E-state index contributed by atoms with van der Waals surface area (Å²) in [6.07, 6.45) is 1.56. The van der Waals surface area contributed by atoms with Crippen molar-refractivity contribution in [3.05, 3.63) is 78.0 Å². The molecule has 2 aromatic heterocycles. The number of benzene rings is 3. The number of para-hydroxylation sites is 1. The SMILES string of the molecule is COc1cccc2c(NCc3cccc(B(O)O)c3)nc(-n3ncc4c(C(N)=O)cccc43)nc12. The van der Waals surface area contributed by atoms with Crippen molar-refractivity contribution in [1.82, 2.24) is 19.7 Å². The molecule has 3 aromatic carbocycles. The molecule has 0 atom stereocenters. The lowest BCUT2D eigenvalue weighted by atomic mass is 9.80. The van der Waals surface area contributed by atoms with Crippen LogP contribution in [0, 0.1) is 0 Å². The van der Waals surface area contributed by atoms with E-state index in [1.54, 1.807) is 54.4 Å². The fourth-order valence-corrected chi connectivity index (χ4v) is 3.98. The summed E-state index contributed by atoms with van der Waals surface area (Å²) in [7, 11) is 0.0155.